The van der Waals surface area contributed by atoms with E-state index in [9.17, 15) is 17.6 Å². The molecular weight excluding hydrogens is 301 g/mol. The zero-order valence-electron chi connectivity index (χ0n) is 11.2. The van der Waals surface area contributed by atoms with E-state index in [-0.39, 0.29) is 5.56 Å². The quantitative estimate of drug-likeness (QED) is 0.853. The zero-order valence-corrected chi connectivity index (χ0v) is 12.0. The fraction of sp³-hybridized carbons (Fsp3) is 0.182. The number of rotatable bonds is 4. The lowest BCUT2D eigenvalue weighted by Crippen LogP contribution is -2.39. The van der Waals surface area contributed by atoms with Gasteiger partial charge < -0.3 is 0 Å². The molecule has 2 heterocycles. The molecule has 112 valence electrons. The van der Waals surface area contributed by atoms with Crippen LogP contribution in [-0.4, -0.2) is 47.5 Å². The van der Waals surface area contributed by atoms with Crippen molar-refractivity contribution in [2.45, 2.75) is 0 Å². The van der Waals surface area contributed by atoms with Gasteiger partial charge in [-0.05, 0) is 0 Å². The van der Waals surface area contributed by atoms with Crippen molar-refractivity contribution in [3.05, 3.63) is 42.2 Å². The minimum Gasteiger partial charge on any atom is -0.268 e. The van der Waals surface area contributed by atoms with Gasteiger partial charge in [-0.3, -0.25) is 9.78 Å². The average molecular weight is 313 g/mol. The number of nitrogens with one attached hydrogen (secondary N) is 1. The van der Waals surface area contributed by atoms with Crippen molar-refractivity contribution < 1.29 is 17.6 Å². The molecule has 8 nitrogen and oxygen atoms in total. The van der Waals surface area contributed by atoms with E-state index in [1.54, 1.807) is 0 Å². The molecule has 21 heavy (non-hydrogen) atoms. The fourth-order valence-corrected chi connectivity index (χ4v) is 1.91. The Hall–Kier alpha value is -2.33. The van der Waals surface area contributed by atoms with E-state index in [1.165, 1.54) is 43.4 Å². The molecule has 0 atom stereocenters. The molecule has 0 unspecified atom stereocenters. The number of aromatic nitrogens is 3. The molecule has 0 aliphatic heterocycles. The summed E-state index contributed by atoms with van der Waals surface area (Å²) in [5.74, 6) is -1.39. The van der Waals surface area contributed by atoms with Gasteiger partial charge in [0.05, 0.1) is 29.8 Å². The number of hydrogen-bond donors (Lipinski definition) is 1. The molecule has 0 saturated heterocycles. The predicted octanol–water partition coefficient (Wildman–Crippen LogP) is -0.0574. The average Bonchev–Trinajstić information content (AvgIpc) is 2.87. The summed E-state index contributed by atoms with van der Waals surface area (Å²) in [6.45, 7) is 0. The summed E-state index contributed by atoms with van der Waals surface area (Å²) in [6, 6.07) is 1.18. The van der Waals surface area contributed by atoms with Gasteiger partial charge in [0.1, 0.15) is 5.82 Å². The molecule has 0 aliphatic rings. The van der Waals surface area contributed by atoms with Crippen LogP contribution in [0.5, 0.6) is 0 Å². The molecule has 10 heteroatoms. The lowest BCUT2D eigenvalue weighted by molar-refractivity contribution is 0.0979. The minimum atomic E-state index is -3.88. The molecule has 1 amide bonds. The Morgan fingerprint density at radius 2 is 2.05 bits per heavy atom. The fourth-order valence-electron chi connectivity index (χ4n) is 1.37. The molecule has 0 aliphatic carbocycles. The summed E-state index contributed by atoms with van der Waals surface area (Å²) in [7, 11) is -1.30. The topological polar surface area (TPSA) is 97.2 Å². The monoisotopic (exact) mass is 313 g/mol. The highest BCUT2D eigenvalue weighted by atomic mass is 32.2. The van der Waals surface area contributed by atoms with Crippen LogP contribution in [-0.2, 0) is 10.2 Å². The van der Waals surface area contributed by atoms with E-state index in [1.807, 2.05) is 4.72 Å². The van der Waals surface area contributed by atoms with E-state index >= 15 is 0 Å². The molecule has 0 fully saturated rings. The Morgan fingerprint density at radius 3 is 2.67 bits per heavy atom. The summed E-state index contributed by atoms with van der Waals surface area (Å²) in [5.41, 5.74) is 0.328. The molecule has 0 saturated carbocycles. The Kier molecular flexibility index (Phi) is 4.00. The van der Waals surface area contributed by atoms with Crippen molar-refractivity contribution in [3.8, 4) is 5.69 Å². The largest absolute Gasteiger partial charge is 0.303 e. The number of halogens is 1. The molecule has 2 aromatic heterocycles. The maximum Gasteiger partial charge on any atom is 0.303 e. The van der Waals surface area contributed by atoms with Crippen LogP contribution in [0.1, 0.15) is 10.4 Å². The minimum absolute atomic E-state index is 0.0182. The first-order chi connectivity index (χ1) is 9.79. The van der Waals surface area contributed by atoms with E-state index < -0.39 is 21.9 Å². The molecule has 0 aromatic carbocycles. The molecule has 0 bridgehead atoms. The van der Waals surface area contributed by atoms with Gasteiger partial charge >= 0.3 is 10.2 Å². The van der Waals surface area contributed by atoms with Gasteiger partial charge in [0.25, 0.3) is 5.91 Å². The lowest BCUT2D eigenvalue weighted by atomic mass is 10.3. The number of pyridine rings is 1. The number of hydrogen-bond acceptors (Lipinski definition) is 5. The number of carbonyl (C=O) groups is 1. The first-order valence-corrected chi connectivity index (χ1v) is 7.14. The molecular formula is C11H12FN5O3S. The normalized spacial score (nSPS) is 11.6. The van der Waals surface area contributed by atoms with Gasteiger partial charge in [-0.25, -0.2) is 13.8 Å². The SMILES string of the molecule is CN(C)S(=O)(=O)NC(=O)c1cnn(-c2cncc(F)c2)c1. The summed E-state index contributed by atoms with van der Waals surface area (Å²) >= 11 is 0. The van der Waals surface area contributed by atoms with E-state index in [0.29, 0.717) is 5.69 Å². The lowest BCUT2D eigenvalue weighted by Gasteiger charge is -2.11. The molecule has 2 rings (SSSR count). The van der Waals surface area contributed by atoms with Crippen LogP contribution in [0, 0.1) is 5.82 Å². The van der Waals surface area contributed by atoms with E-state index in [4.69, 9.17) is 0 Å². The summed E-state index contributed by atoms with van der Waals surface area (Å²) in [6.07, 6.45) is 4.83. The van der Waals surface area contributed by atoms with Gasteiger partial charge in [0, 0.05) is 26.4 Å². The summed E-state index contributed by atoms with van der Waals surface area (Å²) in [4.78, 5) is 15.5. The van der Waals surface area contributed by atoms with Gasteiger partial charge in [0.2, 0.25) is 0 Å². The predicted molar refractivity (Wildman–Crippen MR) is 71.4 cm³/mol. The third kappa shape index (κ3) is 3.41. The van der Waals surface area contributed by atoms with Crippen molar-refractivity contribution in [1.29, 1.82) is 0 Å². The number of amides is 1. The molecule has 0 spiro atoms. The maximum atomic E-state index is 13.1. The van der Waals surface area contributed by atoms with Crippen molar-refractivity contribution >= 4 is 16.1 Å². The van der Waals surface area contributed by atoms with Crippen LogP contribution >= 0.6 is 0 Å². The van der Waals surface area contributed by atoms with Crippen LogP contribution in [0.25, 0.3) is 5.69 Å². The highest BCUT2D eigenvalue weighted by Gasteiger charge is 2.19. The highest BCUT2D eigenvalue weighted by Crippen LogP contribution is 2.09. The number of carbonyl (C=O) groups excluding carboxylic acids is 1. The highest BCUT2D eigenvalue weighted by molar-refractivity contribution is 7.87. The maximum absolute atomic E-state index is 13.1. The van der Waals surface area contributed by atoms with Gasteiger partial charge in [-0.1, -0.05) is 0 Å². The van der Waals surface area contributed by atoms with Gasteiger partial charge in [0.15, 0.2) is 0 Å². The van der Waals surface area contributed by atoms with E-state index in [0.717, 1.165) is 10.5 Å². The van der Waals surface area contributed by atoms with Crippen LogP contribution < -0.4 is 4.72 Å². The Morgan fingerprint density at radius 1 is 1.33 bits per heavy atom. The molecule has 2 aromatic rings. The van der Waals surface area contributed by atoms with Crippen molar-refractivity contribution in [3.63, 3.8) is 0 Å². The summed E-state index contributed by atoms with van der Waals surface area (Å²) in [5, 5.41) is 3.86. The van der Waals surface area contributed by atoms with Crippen LogP contribution in [0.2, 0.25) is 0 Å². The zero-order chi connectivity index (χ0) is 15.6. The number of nitrogens with zero attached hydrogens (tertiary/aromatic N) is 4. The smallest absolute Gasteiger partial charge is 0.268 e. The van der Waals surface area contributed by atoms with Crippen LogP contribution in [0.15, 0.2) is 30.9 Å². The Bertz CT molecular complexity index is 772. The second-order valence-electron chi connectivity index (χ2n) is 4.25. The third-order valence-corrected chi connectivity index (χ3v) is 3.91. The molecule has 1 N–H and O–H groups in total. The first kappa shape index (κ1) is 15.1. The van der Waals surface area contributed by atoms with Crippen molar-refractivity contribution in [2.75, 3.05) is 14.1 Å². The molecule has 0 radical (unpaired) electrons. The second kappa shape index (κ2) is 5.58. The van der Waals surface area contributed by atoms with Crippen LogP contribution in [0.3, 0.4) is 0 Å². The van der Waals surface area contributed by atoms with Crippen LogP contribution in [0.4, 0.5) is 4.39 Å². The summed E-state index contributed by atoms with van der Waals surface area (Å²) < 4.78 is 40.1. The first-order valence-electron chi connectivity index (χ1n) is 5.70. The van der Waals surface area contributed by atoms with Crippen molar-refractivity contribution in [2.24, 2.45) is 0 Å². The van der Waals surface area contributed by atoms with Gasteiger partial charge in [-0.15, -0.1) is 0 Å². The van der Waals surface area contributed by atoms with Crippen molar-refractivity contribution in [1.82, 2.24) is 23.8 Å². The standard InChI is InChI=1S/C11H12FN5O3S/c1-16(2)21(19,20)15-11(18)8-4-14-17(7-8)10-3-9(12)5-13-6-10/h3-7H,1-2H3,(H,15,18). The Labute approximate surface area is 120 Å². The van der Waals surface area contributed by atoms with Gasteiger partial charge in [-0.2, -0.15) is 17.8 Å². The Balaban J connectivity index is 2.22. The van der Waals surface area contributed by atoms with E-state index in [2.05, 4.69) is 10.1 Å². The second-order valence-corrected chi connectivity index (χ2v) is 6.14. The third-order valence-electron chi connectivity index (χ3n) is 2.50.